The normalized spacial score (nSPS) is 20.6. The summed E-state index contributed by atoms with van der Waals surface area (Å²) in [6.45, 7) is 2.43. The van der Waals surface area contributed by atoms with E-state index in [1.807, 2.05) is 23.1 Å². The Labute approximate surface area is 173 Å². The number of benzene rings is 2. The van der Waals surface area contributed by atoms with Crippen LogP contribution in [0.15, 0.2) is 65.6 Å². The summed E-state index contributed by atoms with van der Waals surface area (Å²) >= 11 is 0. The zero-order chi connectivity index (χ0) is 20.3. The van der Waals surface area contributed by atoms with Crippen LogP contribution in [0.1, 0.15) is 24.8 Å². The van der Waals surface area contributed by atoms with Crippen LogP contribution >= 0.6 is 0 Å². The predicted molar refractivity (Wildman–Crippen MR) is 113 cm³/mol. The van der Waals surface area contributed by atoms with Gasteiger partial charge in [-0.15, -0.1) is 0 Å². The van der Waals surface area contributed by atoms with Crippen molar-refractivity contribution in [1.82, 2.24) is 9.80 Å². The minimum absolute atomic E-state index is 0.0337. The molecule has 1 aliphatic carbocycles. The fourth-order valence-corrected chi connectivity index (χ4v) is 5.40. The Bertz CT molecular complexity index is 927. The molecule has 6 heteroatoms. The Hall–Kier alpha value is -2.18. The SMILES string of the molecule is O=C(CCS(=O)(=O)c1ccccc1)N1CCN(C2CC2)CC1Cc1ccccc1. The van der Waals surface area contributed by atoms with E-state index in [9.17, 15) is 13.2 Å². The molecule has 1 saturated heterocycles. The first-order chi connectivity index (χ1) is 14.0. The summed E-state index contributed by atoms with van der Waals surface area (Å²) in [5.74, 6) is -0.197. The first-order valence-corrected chi connectivity index (χ1v) is 12.0. The highest BCUT2D eigenvalue weighted by atomic mass is 32.2. The summed E-state index contributed by atoms with van der Waals surface area (Å²) in [5, 5.41) is 0. The summed E-state index contributed by atoms with van der Waals surface area (Å²) in [4.78, 5) is 17.7. The van der Waals surface area contributed by atoms with E-state index in [1.54, 1.807) is 30.3 Å². The number of amides is 1. The van der Waals surface area contributed by atoms with E-state index in [0.717, 1.165) is 19.5 Å². The Morgan fingerprint density at radius 2 is 1.59 bits per heavy atom. The zero-order valence-corrected chi connectivity index (χ0v) is 17.4. The molecule has 2 fully saturated rings. The van der Waals surface area contributed by atoms with Crippen molar-refractivity contribution in [3.63, 3.8) is 0 Å². The van der Waals surface area contributed by atoms with Crippen LogP contribution in [0.4, 0.5) is 0 Å². The molecule has 0 spiro atoms. The molecule has 1 atom stereocenters. The summed E-state index contributed by atoms with van der Waals surface area (Å²) in [5.41, 5.74) is 1.21. The van der Waals surface area contributed by atoms with Crippen molar-refractivity contribution in [3.05, 3.63) is 66.2 Å². The second kappa shape index (κ2) is 8.67. The van der Waals surface area contributed by atoms with Crippen LogP contribution in [0.3, 0.4) is 0 Å². The lowest BCUT2D eigenvalue weighted by Crippen LogP contribution is -2.56. The van der Waals surface area contributed by atoms with Crippen molar-refractivity contribution < 1.29 is 13.2 Å². The molecule has 29 heavy (non-hydrogen) atoms. The minimum Gasteiger partial charge on any atom is -0.337 e. The van der Waals surface area contributed by atoms with Gasteiger partial charge in [-0.25, -0.2) is 8.42 Å². The van der Waals surface area contributed by atoms with E-state index in [1.165, 1.54) is 18.4 Å². The number of rotatable bonds is 7. The smallest absolute Gasteiger partial charge is 0.223 e. The molecule has 1 amide bonds. The molecule has 4 rings (SSSR count). The third kappa shape index (κ3) is 5.06. The maximum atomic E-state index is 13.0. The molecule has 2 aromatic carbocycles. The molecule has 5 nitrogen and oxygen atoms in total. The number of sulfone groups is 1. The van der Waals surface area contributed by atoms with Crippen LogP contribution < -0.4 is 0 Å². The molecule has 0 aromatic heterocycles. The molecule has 2 aliphatic rings. The van der Waals surface area contributed by atoms with Gasteiger partial charge >= 0.3 is 0 Å². The van der Waals surface area contributed by atoms with E-state index >= 15 is 0 Å². The highest BCUT2D eigenvalue weighted by Crippen LogP contribution is 2.30. The number of nitrogens with zero attached hydrogens (tertiary/aromatic N) is 2. The van der Waals surface area contributed by atoms with Crippen molar-refractivity contribution in [3.8, 4) is 0 Å². The van der Waals surface area contributed by atoms with E-state index in [4.69, 9.17) is 0 Å². The minimum atomic E-state index is -3.44. The van der Waals surface area contributed by atoms with Crippen molar-refractivity contribution >= 4 is 15.7 Å². The first kappa shape index (κ1) is 20.1. The average molecular weight is 413 g/mol. The quantitative estimate of drug-likeness (QED) is 0.702. The highest BCUT2D eigenvalue weighted by molar-refractivity contribution is 7.91. The Kier molecular flexibility index (Phi) is 6.01. The largest absolute Gasteiger partial charge is 0.337 e. The van der Waals surface area contributed by atoms with Gasteiger partial charge in [-0.3, -0.25) is 9.69 Å². The van der Waals surface area contributed by atoms with E-state index in [0.29, 0.717) is 12.6 Å². The Balaban J connectivity index is 1.43. The second-order valence-corrected chi connectivity index (χ2v) is 10.1. The van der Waals surface area contributed by atoms with Crippen LogP contribution in [0, 0.1) is 0 Å². The number of carbonyl (C=O) groups is 1. The van der Waals surface area contributed by atoms with Crippen LogP contribution in [0.2, 0.25) is 0 Å². The van der Waals surface area contributed by atoms with Crippen molar-refractivity contribution in [1.29, 1.82) is 0 Å². The van der Waals surface area contributed by atoms with E-state index in [-0.39, 0.29) is 29.0 Å². The highest BCUT2D eigenvalue weighted by Gasteiger charge is 2.37. The Morgan fingerprint density at radius 3 is 2.24 bits per heavy atom. The maximum Gasteiger partial charge on any atom is 0.223 e. The van der Waals surface area contributed by atoms with Gasteiger partial charge < -0.3 is 4.90 Å². The molecule has 0 radical (unpaired) electrons. The monoisotopic (exact) mass is 412 g/mol. The lowest BCUT2D eigenvalue weighted by molar-refractivity contribution is -0.135. The van der Waals surface area contributed by atoms with Crippen LogP contribution in [-0.4, -0.2) is 61.6 Å². The number of piperazine rings is 1. The lowest BCUT2D eigenvalue weighted by atomic mass is 10.0. The third-order valence-corrected chi connectivity index (χ3v) is 7.63. The summed E-state index contributed by atoms with van der Waals surface area (Å²) in [7, 11) is -3.44. The molecular weight excluding hydrogens is 384 g/mol. The van der Waals surface area contributed by atoms with Crippen molar-refractivity contribution in [2.75, 3.05) is 25.4 Å². The van der Waals surface area contributed by atoms with Crippen molar-refractivity contribution in [2.24, 2.45) is 0 Å². The van der Waals surface area contributed by atoms with E-state index in [2.05, 4.69) is 17.0 Å². The van der Waals surface area contributed by atoms with E-state index < -0.39 is 9.84 Å². The lowest BCUT2D eigenvalue weighted by Gasteiger charge is -2.42. The van der Waals surface area contributed by atoms with Gasteiger partial charge in [-0.05, 0) is 37.0 Å². The van der Waals surface area contributed by atoms with Crippen LogP contribution in [-0.2, 0) is 21.1 Å². The summed E-state index contributed by atoms with van der Waals surface area (Å²) < 4.78 is 25.1. The summed E-state index contributed by atoms with van der Waals surface area (Å²) in [6.07, 6.45) is 3.34. The topological polar surface area (TPSA) is 57.7 Å². The van der Waals surface area contributed by atoms with Crippen LogP contribution in [0.25, 0.3) is 0 Å². The molecular formula is C23H28N2O3S. The average Bonchev–Trinajstić information content (AvgIpc) is 3.59. The molecule has 1 heterocycles. The van der Waals surface area contributed by atoms with Gasteiger partial charge in [0.2, 0.25) is 5.91 Å². The third-order valence-electron chi connectivity index (χ3n) is 5.90. The van der Waals surface area contributed by atoms with Crippen LogP contribution in [0.5, 0.6) is 0 Å². The first-order valence-electron chi connectivity index (χ1n) is 10.4. The molecule has 1 unspecified atom stereocenters. The molecule has 0 N–H and O–H groups in total. The number of hydrogen-bond acceptors (Lipinski definition) is 4. The van der Waals surface area contributed by atoms with Gasteiger partial charge in [0.15, 0.2) is 9.84 Å². The molecule has 2 aromatic rings. The fraction of sp³-hybridized carbons (Fsp3) is 0.435. The van der Waals surface area contributed by atoms with Gasteiger partial charge in [0.25, 0.3) is 0 Å². The van der Waals surface area contributed by atoms with Gasteiger partial charge in [-0.1, -0.05) is 48.5 Å². The maximum absolute atomic E-state index is 13.0. The van der Waals surface area contributed by atoms with Gasteiger partial charge in [-0.2, -0.15) is 0 Å². The van der Waals surface area contributed by atoms with Crippen molar-refractivity contribution in [2.45, 2.75) is 42.7 Å². The number of hydrogen-bond donors (Lipinski definition) is 0. The van der Waals surface area contributed by atoms with Gasteiger partial charge in [0.1, 0.15) is 0 Å². The number of carbonyl (C=O) groups excluding carboxylic acids is 1. The molecule has 1 saturated carbocycles. The standard InChI is InChI=1S/C23H28N2O3S/c26-23(13-16-29(27,28)22-9-5-2-6-10-22)25-15-14-24(20-11-12-20)18-21(25)17-19-7-3-1-4-8-19/h1-10,20-21H,11-18H2. The van der Waals surface area contributed by atoms with Gasteiger partial charge in [0.05, 0.1) is 10.6 Å². The molecule has 0 bridgehead atoms. The summed E-state index contributed by atoms with van der Waals surface area (Å²) in [6, 6.07) is 19.4. The predicted octanol–water partition coefficient (Wildman–Crippen LogP) is 2.77. The fourth-order valence-electron chi connectivity index (χ4n) is 4.15. The molecule has 154 valence electrons. The zero-order valence-electron chi connectivity index (χ0n) is 16.6. The second-order valence-electron chi connectivity index (χ2n) is 8.04. The Morgan fingerprint density at radius 1 is 0.931 bits per heavy atom. The van der Waals surface area contributed by atoms with Gasteiger partial charge in [0, 0.05) is 38.1 Å². The molecule has 1 aliphatic heterocycles.